The van der Waals surface area contributed by atoms with Gasteiger partial charge in [0.25, 0.3) is 5.91 Å². The van der Waals surface area contributed by atoms with Crippen LogP contribution in [0.1, 0.15) is 22.8 Å². The summed E-state index contributed by atoms with van der Waals surface area (Å²) in [4.78, 5) is 11.6. The van der Waals surface area contributed by atoms with E-state index < -0.39 is 6.10 Å². The molecule has 0 aromatic heterocycles. The molecule has 1 unspecified atom stereocenters. The number of nitrogens with one attached hydrogen (secondary N) is 1. The largest absolute Gasteiger partial charge is 0.378 e. The van der Waals surface area contributed by atoms with E-state index in [4.69, 9.17) is 0 Å². The molecule has 3 nitrogen and oxygen atoms in total. The van der Waals surface area contributed by atoms with E-state index in [2.05, 4.69) is 5.32 Å². The second kappa shape index (κ2) is 6.16. The molecule has 2 N–H and O–H groups in total. The van der Waals surface area contributed by atoms with E-state index in [0.717, 1.165) is 11.1 Å². The minimum atomic E-state index is -1.12. The third kappa shape index (κ3) is 3.20. The van der Waals surface area contributed by atoms with Crippen LogP contribution in [0.4, 0.5) is 0 Å². The van der Waals surface area contributed by atoms with Crippen LogP contribution in [0.25, 0.3) is 0 Å². The summed E-state index contributed by atoms with van der Waals surface area (Å²) >= 11 is 0. The molecular weight excluding hydrogens is 238 g/mol. The van der Waals surface area contributed by atoms with E-state index in [1.54, 1.807) is 6.07 Å². The van der Waals surface area contributed by atoms with Crippen molar-refractivity contribution in [2.24, 2.45) is 0 Å². The van der Waals surface area contributed by atoms with Crippen LogP contribution in [0.5, 0.6) is 0 Å². The number of aliphatic hydroxyl groups is 1. The van der Waals surface area contributed by atoms with Gasteiger partial charge in [0.05, 0.1) is 0 Å². The Balaban J connectivity index is 2.29. The van der Waals surface area contributed by atoms with Gasteiger partial charge < -0.3 is 10.4 Å². The number of amides is 1. The van der Waals surface area contributed by atoms with Gasteiger partial charge in [-0.1, -0.05) is 54.6 Å². The maximum absolute atomic E-state index is 11.6. The zero-order valence-corrected chi connectivity index (χ0v) is 10.8. The van der Waals surface area contributed by atoms with Crippen molar-refractivity contribution >= 4 is 5.91 Å². The van der Waals surface area contributed by atoms with Gasteiger partial charge in [0.2, 0.25) is 0 Å². The highest BCUT2D eigenvalue weighted by Gasteiger charge is 2.18. The van der Waals surface area contributed by atoms with Gasteiger partial charge in [-0.15, -0.1) is 0 Å². The number of likely N-dealkylation sites (N-methyl/N-ethyl adjacent to an activating group) is 1. The van der Waals surface area contributed by atoms with Crippen molar-refractivity contribution in [3.8, 4) is 0 Å². The van der Waals surface area contributed by atoms with Crippen LogP contribution < -0.4 is 5.32 Å². The first kappa shape index (κ1) is 13.3. The minimum absolute atomic E-state index is 0.388. The number of carbonyl (C=O) groups is 1. The second-order valence-electron chi connectivity index (χ2n) is 4.38. The van der Waals surface area contributed by atoms with E-state index in [-0.39, 0.29) is 5.91 Å². The Hall–Kier alpha value is -2.13. The SMILES string of the molecule is CNC(=O)C(O)c1ccccc1Cc1ccccc1. The fourth-order valence-corrected chi connectivity index (χ4v) is 2.06. The lowest BCUT2D eigenvalue weighted by Crippen LogP contribution is -2.26. The summed E-state index contributed by atoms with van der Waals surface area (Å²) in [6.45, 7) is 0. The first-order chi connectivity index (χ1) is 9.22. The summed E-state index contributed by atoms with van der Waals surface area (Å²) in [6, 6.07) is 17.5. The number of rotatable bonds is 4. The zero-order valence-electron chi connectivity index (χ0n) is 10.8. The number of hydrogen-bond acceptors (Lipinski definition) is 2. The fraction of sp³-hybridized carbons (Fsp3) is 0.188. The zero-order chi connectivity index (χ0) is 13.7. The average molecular weight is 255 g/mol. The maximum atomic E-state index is 11.6. The number of benzene rings is 2. The first-order valence-electron chi connectivity index (χ1n) is 6.23. The van der Waals surface area contributed by atoms with Gasteiger partial charge in [-0.2, -0.15) is 0 Å². The summed E-state index contributed by atoms with van der Waals surface area (Å²) in [5.41, 5.74) is 2.77. The van der Waals surface area contributed by atoms with Gasteiger partial charge in [-0.25, -0.2) is 0 Å². The Labute approximate surface area is 112 Å². The van der Waals surface area contributed by atoms with Gasteiger partial charge >= 0.3 is 0 Å². The van der Waals surface area contributed by atoms with Gasteiger partial charge in [0, 0.05) is 7.05 Å². The molecule has 0 heterocycles. The topological polar surface area (TPSA) is 49.3 Å². The molecule has 0 aliphatic carbocycles. The lowest BCUT2D eigenvalue weighted by molar-refractivity contribution is -0.129. The lowest BCUT2D eigenvalue weighted by Gasteiger charge is -2.14. The molecule has 0 spiro atoms. The Morgan fingerprint density at radius 1 is 1.11 bits per heavy atom. The smallest absolute Gasteiger partial charge is 0.253 e. The minimum Gasteiger partial charge on any atom is -0.378 e. The molecule has 3 heteroatoms. The normalized spacial score (nSPS) is 11.9. The number of aliphatic hydroxyl groups excluding tert-OH is 1. The molecule has 2 rings (SSSR count). The van der Waals surface area contributed by atoms with Gasteiger partial charge in [-0.05, 0) is 23.1 Å². The van der Waals surface area contributed by atoms with Crippen molar-refractivity contribution < 1.29 is 9.90 Å². The predicted molar refractivity (Wildman–Crippen MR) is 74.7 cm³/mol. The summed E-state index contributed by atoms with van der Waals surface area (Å²) in [5.74, 6) is -0.388. The summed E-state index contributed by atoms with van der Waals surface area (Å²) in [5, 5.41) is 12.5. The Bertz CT molecular complexity index is 552. The van der Waals surface area contributed by atoms with Gasteiger partial charge in [0.15, 0.2) is 6.10 Å². The molecule has 0 saturated carbocycles. The fourth-order valence-electron chi connectivity index (χ4n) is 2.06. The van der Waals surface area contributed by atoms with Crippen molar-refractivity contribution in [3.05, 3.63) is 71.3 Å². The molecule has 1 atom stereocenters. The molecule has 0 saturated heterocycles. The van der Waals surface area contributed by atoms with E-state index in [0.29, 0.717) is 12.0 Å². The molecule has 19 heavy (non-hydrogen) atoms. The Morgan fingerprint density at radius 3 is 2.42 bits per heavy atom. The standard InChI is InChI=1S/C16H17NO2/c1-17-16(19)15(18)14-10-6-5-9-13(14)11-12-7-3-2-4-8-12/h2-10,15,18H,11H2,1H3,(H,17,19). The van der Waals surface area contributed by atoms with E-state index in [9.17, 15) is 9.90 Å². The summed E-state index contributed by atoms with van der Waals surface area (Å²) < 4.78 is 0. The quantitative estimate of drug-likeness (QED) is 0.878. The molecule has 2 aromatic rings. The molecule has 2 aromatic carbocycles. The predicted octanol–water partition coefficient (Wildman–Crippen LogP) is 2.06. The molecular formula is C16H17NO2. The van der Waals surface area contributed by atoms with Crippen LogP contribution in [0.2, 0.25) is 0 Å². The molecule has 0 fully saturated rings. The summed E-state index contributed by atoms with van der Waals surface area (Å²) in [7, 11) is 1.52. The van der Waals surface area contributed by atoms with E-state index >= 15 is 0 Å². The molecule has 0 radical (unpaired) electrons. The molecule has 0 aliphatic heterocycles. The van der Waals surface area contributed by atoms with Crippen LogP contribution in [-0.2, 0) is 11.2 Å². The van der Waals surface area contributed by atoms with Crippen LogP contribution in [0, 0.1) is 0 Å². The summed E-state index contributed by atoms with van der Waals surface area (Å²) in [6.07, 6.45) is -0.421. The van der Waals surface area contributed by atoms with Crippen LogP contribution in [0.3, 0.4) is 0 Å². The second-order valence-corrected chi connectivity index (χ2v) is 4.38. The lowest BCUT2D eigenvalue weighted by atomic mass is 9.96. The van der Waals surface area contributed by atoms with Crippen LogP contribution >= 0.6 is 0 Å². The van der Waals surface area contributed by atoms with Gasteiger partial charge in [-0.3, -0.25) is 4.79 Å². The van der Waals surface area contributed by atoms with Crippen molar-refractivity contribution in [2.45, 2.75) is 12.5 Å². The number of carbonyl (C=O) groups excluding carboxylic acids is 1. The van der Waals surface area contributed by atoms with Crippen LogP contribution in [0.15, 0.2) is 54.6 Å². The average Bonchev–Trinajstić information content (AvgIpc) is 2.47. The first-order valence-corrected chi connectivity index (χ1v) is 6.23. The molecule has 1 amide bonds. The number of hydrogen-bond donors (Lipinski definition) is 2. The van der Waals surface area contributed by atoms with Gasteiger partial charge in [0.1, 0.15) is 0 Å². The van der Waals surface area contributed by atoms with Crippen molar-refractivity contribution in [2.75, 3.05) is 7.05 Å². The van der Waals surface area contributed by atoms with E-state index in [1.807, 2.05) is 48.5 Å². The highest BCUT2D eigenvalue weighted by atomic mass is 16.3. The third-order valence-corrected chi connectivity index (χ3v) is 3.08. The molecule has 0 aliphatic rings. The van der Waals surface area contributed by atoms with Crippen LogP contribution in [-0.4, -0.2) is 18.1 Å². The van der Waals surface area contributed by atoms with Crippen molar-refractivity contribution in [1.82, 2.24) is 5.32 Å². The molecule has 0 bridgehead atoms. The maximum Gasteiger partial charge on any atom is 0.253 e. The highest BCUT2D eigenvalue weighted by molar-refractivity contribution is 5.82. The third-order valence-electron chi connectivity index (χ3n) is 3.08. The highest BCUT2D eigenvalue weighted by Crippen LogP contribution is 2.21. The monoisotopic (exact) mass is 255 g/mol. The Morgan fingerprint density at radius 2 is 1.74 bits per heavy atom. The molecule has 98 valence electrons. The Kier molecular flexibility index (Phi) is 4.31. The van der Waals surface area contributed by atoms with Crippen molar-refractivity contribution in [1.29, 1.82) is 0 Å². The van der Waals surface area contributed by atoms with Crippen molar-refractivity contribution in [3.63, 3.8) is 0 Å². The van der Waals surface area contributed by atoms with E-state index in [1.165, 1.54) is 7.05 Å².